The molecule has 0 spiro atoms. The summed E-state index contributed by atoms with van der Waals surface area (Å²) in [6, 6.07) is 0. The van der Waals surface area contributed by atoms with Crippen molar-refractivity contribution >= 4 is 17.5 Å². The molecule has 0 radical (unpaired) electrons. The van der Waals surface area contributed by atoms with E-state index in [-0.39, 0.29) is 22.6 Å². The Balaban J connectivity index is 1.83. The van der Waals surface area contributed by atoms with Crippen molar-refractivity contribution in [3.05, 3.63) is 0 Å². The molecule has 3 unspecified atom stereocenters. The van der Waals surface area contributed by atoms with Gasteiger partial charge in [-0.25, -0.2) is 0 Å². The molecule has 1 amide bonds. The Morgan fingerprint density at radius 2 is 1.84 bits per heavy atom. The molecule has 1 N–H and O–H groups in total. The second kappa shape index (κ2) is 6.47. The number of nitrogens with one attached hydrogen (secondary N) is 1. The molecular formula is C16H28ClNO. The number of carbonyl (C=O) groups is 1. The predicted molar refractivity (Wildman–Crippen MR) is 80.3 cm³/mol. The van der Waals surface area contributed by atoms with Gasteiger partial charge >= 0.3 is 0 Å². The Hall–Kier alpha value is -0.240. The molecule has 2 saturated carbocycles. The first kappa shape index (κ1) is 15.2. The maximum absolute atomic E-state index is 12.4. The third-order valence-corrected chi connectivity index (χ3v) is 5.75. The molecule has 0 aromatic heterocycles. The lowest BCUT2D eigenvalue weighted by molar-refractivity contribution is -0.130. The average molecular weight is 286 g/mol. The van der Waals surface area contributed by atoms with Crippen molar-refractivity contribution in [3.63, 3.8) is 0 Å². The summed E-state index contributed by atoms with van der Waals surface area (Å²) in [5, 5.41) is 3.44. The normalized spacial score (nSPS) is 34.8. The number of amides is 1. The van der Waals surface area contributed by atoms with E-state index in [1.54, 1.807) is 0 Å². The van der Waals surface area contributed by atoms with Crippen molar-refractivity contribution in [2.45, 2.75) is 70.6 Å². The number of halogens is 1. The van der Waals surface area contributed by atoms with Crippen LogP contribution in [-0.4, -0.2) is 17.8 Å². The first-order valence-electron chi connectivity index (χ1n) is 7.92. The largest absolute Gasteiger partial charge is 0.356 e. The third-order valence-electron chi connectivity index (χ3n) is 5.18. The summed E-state index contributed by atoms with van der Waals surface area (Å²) in [6.07, 6.45) is 9.47. The van der Waals surface area contributed by atoms with E-state index in [0.717, 1.165) is 19.4 Å². The predicted octanol–water partition coefficient (Wildman–Crippen LogP) is 4.12. The van der Waals surface area contributed by atoms with Gasteiger partial charge in [-0.15, -0.1) is 11.6 Å². The molecule has 0 aromatic carbocycles. The quantitative estimate of drug-likeness (QED) is 0.777. The first-order valence-corrected chi connectivity index (χ1v) is 8.36. The molecule has 3 atom stereocenters. The summed E-state index contributed by atoms with van der Waals surface area (Å²) in [4.78, 5) is 12.4. The molecular weight excluding hydrogens is 258 g/mol. The van der Waals surface area contributed by atoms with Gasteiger partial charge in [-0.3, -0.25) is 4.79 Å². The minimum atomic E-state index is 0.162. The number of hydrogen-bond acceptors (Lipinski definition) is 1. The molecule has 2 aliphatic rings. The second-order valence-corrected chi connectivity index (χ2v) is 7.65. The zero-order chi connectivity index (χ0) is 13.9. The smallest absolute Gasteiger partial charge is 0.223 e. The fourth-order valence-electron chi connectivity index (χ4n) is 3.73. The van der Waals surface area contributed by atoms with Gasteiger partial charge < -0.3 is 5.32 Å². The highest BCUT2D eigenvalue weighted by Gasteiger charge is 2.37. The van der Waals surface area contributed by atoms with E-state index >= 15 is 0 Å². The topological polar surface area (TPSA) is 29.1 Å². The van der Waals surface area contributed by atoms with E-state index in [9.17, 15) is 4.79 Å². The van der Waals surface area contributed by atoms with Crippen molar-refractivity contribution in [2.75, 3.05) is 6.54 Å². The fraction of sp³-hybridized carbons (Fsp3) is 0.938. The molecule has 110 valence electrons. The fourth-order valence-corrected chi connectivity index (χ4v) is 4.10. The molecule has 0 bridgehead atoms. The van der Waals surface area contributed by atoms with Crippen LogP contribution in [0.4, 0.5) is 0 Å². The third kappa shape index (κ3) is 3.87. The highest BCUT2D eigenvalue weighted by molar-refractivity contribution is 6.20. The van der Waals surface area contributed by atoms with Crippen LogP contribution in [0.2, 0.25) is 0 Å². The second-order valence-electron chi connectivity index (χ2n) is 7.09. The Morgan fingerprint density at radius 3 is 2.53 bits per heavy atom. The van der Waals surface area contributed by atoms with Crippen molar-refractivity contribution in [1.29, 1.82) is 0 Å². The SMILES string of the molecule is CC1(C)CCCCC1C(=O)NCC1CCCCC1Cl. The highest BCUT2D eigenvalue weighted by Crippen LogP contribution is 2.40. The van der Waals surface area contributed by atoms with E-state index in [1.807, 2.05) is 0 Å². The summed E-state index contributed by atoms with van der Waals surface area (Å²) in [5.74, 6) is 0.934. The lowest BCUT2D eigenvalue weighted by Gasteiger charge is -2.38. The lowest BCUT2D eigenvalue weighted by Crippen LogP contribution is -2.43. The molecule has 0 heterocycles. The van der Waals surface area contributed by atoms with Crippen molar-refractivity contribution in [3.8, 4) is 0 Å². The van der Waals surface area contributed by atoms with E-state index in [4.69, 9.17) is 11.6 Å². The van der Waals surface area contributed by atoms with E-state index < -0.39 is 0 Å². The zero-order valence-corrected chi connectivity index (χ0v) is 13.1. The van der Waals surface area contributed by atoms with Crippen molar-refractivity contribution in [2.24, 2.45) is 17.3 Å². The number of rotatable bonds is 3. The molecule has 2 fully saturated rings. The van der Waals surface area contributed by atoms with Crippen LogP contribution >= 0.6 is 11.6 Å². The standard InChI is InChI=1S/C16H28ClNO/c1-16(2)10-6-5-8-13(16)15(19)18-11-12-7-3-4-9-14(12)17/h12-14H,3-11H2,1-2H3,(H,18,19). The Labute approximate surface area is 122 Å². The molecule has 2 aliphatic carbocycles. The van der Waals surface area contributed by atoms with Crippen molar-refractivity contribution < 1.29 is 4.79 Å². The Morgan fingerprint density at radius 1 is 1.16 bits per heavy atom. The molecule has 0 aliphatic heterocycles. The summed E-state index contributed by atoms with van der Waals surface area (Å²) in [7, 11) is 0. The maximum atomic E-state index is 12.4. The lowest BCUT2D eigenvalue weighted by atomic mass is 9.68. The van der Waals surface area contributed by atoms with Gasteiger partial charge in [0.1, 0.15) is 0 Å². The minimum absolute atomic E-state index is 0.162. The minimum Gasteiger partial charge on any atom is -0.356 e. The number of hydrogen-bond donors (Lipinski definition) is 1. The monoisotopic (exact) mass is 285 g/mol. The van der Waals surface area contributed by atoms with Crippen LogP contribution in [0.1, 0.15) is 65.2 Å². The van der Waals surface area contributed by atoms with Crippen LogP contribution < -0.4 is 5.32 Å². The van der Waals surface area contributed by atoms with E-state index in [0.29, 0.717) is 5.92 Å². The van der Waals surface area contributed by atoms with Crippen LogP contribution in [-0.2, 0) is 4.79 Å². The van der Waals surface area contributed by atoms with Gasteiger partial charge in [0.15, 0.2) is 0 Å². The summed E-state index contributed by atoms with van der Waals surface area (Å²) >= 11 is 6.36. The van der Waals surface area contributed by atoms with E-state index in [1.165, 1.54) is 38.5 Å². The number of alkyl halides is 1. The summed E-state index contributed by atoms with van der Waals surface area (Å²) in [6.45, 7) is 5.25. The molecule has 19 heavy (non-hydrogen) atoms. The van der Waals surface area contributed by atoms with Gasteiger partial charge in [0, 0.05) is 17.8 Å². The van der Waals surface area contributed by atoms with Gasteiger partial charge in [-0.05, 0) is 37.0 Å². The molecule has 2 rings (SSSR count). The van der Waals surface area contributed by atoms with Gasteiger partial charge in [0.2, 0.25) is 5.91 Å². The Bertz CT molecular complexity index is 316. The summed E-state index contributed by atoms with van der Waals surface area (Å²) < 4.78 is 0. The van der Waals surface area contributed by atoms with Gasteiger partial charge in [0.25, 0.3) is 0 Å². The molecule has 2 nitrogen and oxygen atoms in total. The van der Waals surface area contributed by atoms with Crippen LogP contribution in [0.5, 0.6) is 0 Å². The molecule has 3 heteroatoms. The molecule has 0 aromatic rings. The first-order chi connectivity index (χ1) is 9.00. The van der Waals surface area contributed by atoms with Gasteiger partial charge in [0.05, 0.1) is 0 Å². The van der Waals surface area contributed by atoms with Crippen LogP contribution in [0, 0.1) is 17.3 Å². The van der Waals surface area contributed by atoms with Crippen LogP contribution in [0.15, 0.2) is 0 Å². The van der Waals surface area contributed by atoms with Crippen molar-refractivity contribution in [1.82, 2.24) is 5.32 Å². The number of carbonyl (C=O) groups excluding carboxylic acids is 1. The van der Waals surface area contributed by atoms with Crippen LogP contribution in [0.3, 0.4) is 0 Å². The Kier molecular flexibility index (Phi) is 5.16. The highest BCUT2D eigenvalue weighted by atomic mass is 35.5. The average Bonchev–Trinajstić information content (AvgIpc) is 2.37. The van der Waals surface area contributed by atoms with Crippen LogP contribution in [0.25, 0.3) is 0 Å². The van der Waals surface area contributed by atoms with Gasteiger partial charge in [-0.1, -0.05) is 39.5 Å². The van der Waals surface area contributed by atoms with Gasteiger partial charge in [-0.2, -0.15) is 0 Å². The maximum Gasteiger partial charge on any atom is 0.223 e. The molecule has 0 saturated heterocycles. The van der Waals surface area contributed by atoms with E-state index in [2.05, 4.69) is 19.2 Å². The summed E-state index contributed by atoms with van der Waals surface area (Å²) in [5.41, 5.74) is 0.162. The zero-order valence-electron chi connectivity index (χ0n) is 12.4.